The minimum atomic E-state index is 0.773. The number of imidazole rings is 1. The third-order valence-corrected chi connectivity index (χ3v) is 5.28. The summed E-state index contributed by atoms with van der Waals surface area (Å²) in [7, 11) is 0. The molecule has 1 aromatic heterocycles. The molecule has 2 aromatic rings. The third-order valence-electron chi connectivity index (χ3n) is 5.28. The minimum absolute atomic E-state index is 0.773. The molecular weight excluding hydrogens is 284 g/mol. The molecule has 4 rings (SSSR count). The van der Waals surface area contributed by atoms with Gasteiger partial charge in [0.1, 0.15) is 5.82 Å². The van der Waals surface area contributed by atoms with Crippen LogP contribution < -0.4 is 0 Å². The van der Waals surface area contributed by atoms with Crippen molar-refractivity contribution in [1.82, 2.24) is 19.4 Å². The molecule has 0 bridgehead atoms. The van der Waals surface area contributed by atoms with Crippen LogP contribution in [0.25, 0.3) is 0 Å². The number of aromatic nitrogens is 2. The van der Waals surface area contributed by atoms with Crippen LogP contribution in [0, 0.1) is 0 Å². The maximum atomic E-state index is 4.62. The quantitative estimate of drug-likeness (QED) is 0.867. The Morgan fingerprint density at radius 3 is 2.83 bits per heavy atom. The van der Waals surface area contributed by atoms with E-state index in [1.165, 1.54) is 56.8 Å². The molecule has 2 fully saturated rings. The first-order chi connectivity index (χ1) is 11.4. The predicted octanol–water partition coefficient (Wildman–Crippen LogP) is 2.60. The number of nitrogens with zero attached hydrogens (tertiary/aromatic N) is 4. The number of fused-ring (bicyclic) bond motifs is 1. The maximum absolute atomic E-state index is 4.62. The zero-order valence-electron chi connectivity index (χ0n) is 13.8. The molecule has 1 aromatic carbocycles. The van der Waals surface area contributed by atoms with Crippen LogP contribution in [-0.2, 0) is 13.1 Å². The van der Waals surface area contributed by atoms with E-state index in [0.29, 0.717) is 0 Å². The number of hydrogen-bond acceptors (Lipinski definition) is 3. The Kier molecular flexibility index (Phi) is 4.44. The van der Waals surface area contributed by atoms with Crippen molar-refractivity contribution in [2.45, 2.75) is 38.4 Å². The van der Waals surface area contributed by atoms with Gasteiger partial charge in [-0.15, -0.1) is 0 Å². The van der Waals surface area contributed by atoms with E-state index in [-0.39, 0.29) is 0 Å². The fraction of sp³-hybridized carbons (Fsp3) is 0.526. The number of benzene rings is 1. The van der Waals surface area contributed by atoms with Gasteiger partial charge in [-0.05, 0) is 24.9 Å². The second kappa shape index (κ2) is 6.85. The molecule has 0 saturated carbocycles. The van der Waals surface area contributed by atoms with Crippen molar-refractivity contribution in [2.24, 2.45) is 0 Å². The van der Waals surface area contributed by atoms with Crippen molar-refractivity contribution in [3.63, 3.8) is 0 Å². The van der Waals surface area contributed by atoms with Gasteiger partial charge < -0.3 is 4.57 Å². The summed E-state index contributed by atoms with van der Waals surface area (Å²) >= 11 is 0. The number of piperidine rings is 1. The van der Waals surface area contributed by atoms with Gasteiger partial charge in [0.2, 0.25) is 0 Å². The Balaban J connectivity index is 1.40. The van der Waals surface area contributed by atoms with E-state index < -0.39 is 0 Å². The van der Waals surface area contributed by atoms with Crippen LogP contribution in [0.4, 0.5) is 0 Å². The van der Waals surface area contributed by atoms with E-state index in [9.17, 15) is 0 Å². The molecule has 3 heterocycles. The van der Waals surface area contributed by atoms with Crippen LogP contribution in [-0.4, -0.2) is 51.6 Å². The van der Waals surface area contributed by atoms with E-state index in [2.05, 4.69) is 55.9 Å². The summed E-state index contributed by atoms with van der Waals surface area (Å²) < 4.78 is 2.29. The summed E-state index contributed by atoms with van der Waals surface area (Å²) in [6.07, 6.45) is 8.21. The highest BCUT2D eigenvalue weighted by atomic mass is 15.3. The molecule has 0 spiro atoms. The van der Waals surface area contributed by atoms with Gasteiger partial charge in [-0.1, -0.05) is 36.8 Å². The van der Waals surface area contributed by atoms with E-state index in [1.54, 1.807) is 0 Å². The summed E-state index contributed by atoms with van der Waals surface area (Å²) in [5.74, 6) is 1.19. The van der Waals surface area contributed by atoms with Gasteiger partial charge in [0.05, 0.1) is 6.54 Å². The zero-order chi connectivity index (χ0) is 15.5. The molecule has 1 unspecified atom stereocenters. The first-order valence-corrected chi connectivity index (χ1v) is 8.89. The van der Waals surface area contributed by atoms with Crippen LogP contribution in [0.5, 0.6) is 0 Å². The molecule has 2 aliphatic rings. The highest BCUT2D eigenvalue weighted by molar-refractivity contribution is 5.15. The van der Waals surface area contributed by atoms with E-state index in [4.69, 9.17) is 0 Å². The fourth-order valence-electron chi connectivity index (χ4n) is 3.98. The molecule has 2 saturated heterocycles. The lowest BCUT2D eigenvalue weighted by Crippen LogP contribution is -2.54. The topological polar surface area (TPSA) is 24.3 Å². The summed E-state index contributed by atoms with van der Waals surface area (Å²) in [6, 6.07) is 11.4. The summed E-state index contributed by atoms with van der Waals surface area (Å²) in [5.41, 5.74) is 1.34. The Morgan fingerprint density at radius 2 is 1.91 bits per heavy atom. The monoisotopic (exact) mass is 310 g/mol. The van der Waals surface area contributed by atoms with E-state index in [0.717, 1.165) is 19.1 Å². The van der Waals surface area contributed by atoms with Crippen LogP contribution in [0.2, 0.25) is 0 Å². The standard InChI is InChI=1S/C19H26N4/c1-2-6-17(7-3-1)14-23-11-9-20-19(23)16-21-12-13-22-10-5-4-8-18(22)15-21/h1-3,6-7,9,11,18H,4-5,8,10,12-16H2. The summed E-state index contributed by atoms with van der Waals surface area (Å²) in [6.45, 7) is 6.81. The van der Waals surface area contributed by atoms with Crippen molar-refractivity contribution in [3.05, 3.63) is 54.1 Å². The molecule has 4 heteroatoms. The fourth-order valence-corrected chi connectivity index (χ4v) is 3.98. The van der Waals surface area contributed by atoms with Gasteiger partial charge in [-0.3, -0.25) is 9.80 Å². The van der Waals surface area contributed by atoms with Crippen LogP contribution in [0.1, 0.15) is 30.7 Å². The molecule has 23 heavy (non-hydrogen) atoms. The van der Waals surface area contributed by atoms with Crippen LogP contribution >= 0.6 is 0 Å². The number of hydrogen-bond donors (Lipinski definition) is 0. The second-order valence-electron chi connectivity index (χ2n) is 6.88. The number of rotatable bonds is 4. The smallest absolute Gasteiger partial charge is 0.123 e. The second-order valence-corrected chi connectivity index (χ2v) is 6.88. The lowest BCUT2D eigenvalue weighted by atomic mass is 9.99. The van der Waals surface area contributed by atoms with Crippen LogP contribution in [0.15, 0.2) is 42.7 Å². The summed E-state index contributed by atoms with van der Waals surface area (Å²) in [4.78, 5) is 9.90. The third kappa shape index (κ3) is 3.48. The molecule has 122 valence electrons. The Bertz CT molecular complexity index is 621. The van der Waals surface area contributed by atoms with Crippen molar-refractivity contribution >= 4 is 0 Å². The SMILES string of the molecule is c1ccc(Cn2ccnc2CN2CCN3CCCCC3C2)cc1. The molecule has 4 nitrogen and oxygen atoms in total. The van der Waals surface area contributed by atoms with Gasteiger partial charge in [-0.25, -0.2) is 4.98 Å². The van der Waals surface area contributed by atoms with E-state index >= 15 is 0 Å². The predicted molar refractivity (Wildman–Crippen MR) is 92.3 cm³/mol. The lowest BCUT2D eigenvalue weighted by molar-refractivity contribution is 0.0440. The zero-order valence-corrected chi connectivity index (χ0v) is 13.8. The largest absolute Gasteiger partial charge is 0.329 e. The van der Waals surface area contributed by atoms with E-state index in [1.807, 2.05) is 6.20 Å². The highest BCUT2D eigenvalue weighted by Gasteiger charge is 2.29. The average molecular weight is 310 g/mol. The van der Waals surface area contributed by atoms with Gasteiger partial charge in [-0.2, -0.15) is 0 Å². The average Bonchev–Trinajstić information content (AvgIpc) is 3.02. The minimum Gasteiger partial charge on any atom is -0.329 e. The molecule has 0 amide bonds. The van der Waals surface area contributed by atoms with Crippen molar-refractivity contribution in [1.29, 1.82) is 0 Å². The molecule has 0 N–H and O–H groups in total. The Labute approximate surface area is 138 Å². The first kappa shape index (κ1) is 14.9. The van der Waals surface area contributed by atoms with Crippen molar-refractivity contribution in [2.75, 3.05) is 26.2 Å². The summed E-state index contributed by atoms with van der Waals surface area (Å²) in [5, 5.41) is 0. The van der Waals surface area contributed by atoms with Crippen molar-refractivity contribution < 1.29 is 0 Å². The molecule has 0 radical (unpaired) electrons. The molecule has 1 atom stereocenters. The Morgan fingerprint density at radius 1 is 1.00 bits per heavy atom. The molecular formula is C19H26N4. The lowest BCUT2D eigenvalue weighted by Gasteiger charge is -2.44. The van der Waals surface area contributed by atoms with Crippen molar-refractivity contribution in [3.8, 4) is 0 Å². The normalized spacial score (nSPS) is 22.9. The van der Waals surface area contributed by atoms with Gasteiger partial charge in [0, 0.05) is 44.6 Å². The van der Waals surface area contributed by atoms with Gasteiger partial charge in [0.15, 0.2) is 0 Å². The number of piperazine rings is 1. The highest BCUT2D eigenvalue weighted by Crippen LogP contribution is 2.22. The molecule has 2 aliphatic heterocycles. The van der Waals surface area contributed by atoms with Gasteiger partial charge in [0.25, 0.3) is 0 Å². The van der Waals surface area contributed by atoms with Crippen LogP contribution in [0.3, 0.4) is 0 Å². The Hall–Kier alpha value is -1.65. The molecule has 0 aliphatic carbocycles. The first-order valence-electron chi connectivity index (χ1n) is 8.89. The maximum Gasteiger partial charge on any atom is 0.123 e. The van der Waals surface area contributed by atoms with Gasteiger partial charge >= 0.3 is 0 Å².